The Morgan fingerprint density at radius 3 is 2.55 bits per heavy atom. The summed E-state index contributed by atoms with van der Waals surface area (Å²) in [6.07, 6.45) is 1.42. The molecule has 1 aromatic carbocycles. The zero-order chi connectivity index (χ0) is 15.0. The highest BCUT2D eigenvalue weighted by Gasteiger charge is 2.11. The van der Waals surface area contributed by atoms with E-state index in [1.54, 1.807) is 0 Å². The molecular formula is C16H24N2O2. The fourth-order valence-corrected chi connectivity index (χ4v) is 1.98. The summed E-state index contributed by atoms with van der Waals surface area (Å²) in [6.45, 7) is 5.41. The van der Waals surface area contributed by atoms with Crippen molar-refractivity contribution in [3.8, 4) is 0 Å². The molecule has 0 aliphatic heterocycles. The molecule has 0 saturated carbocycles. The number of aryl methyl sites for hydroxylation is 2. The second-order valence-electron chi connectivity index (χ2n) is 5.05. The average Bonchev–Trinajstić information content (AvgIpc) is 2.43. The van der Waals surface area contributed by atoms with Crippen LogP contribution >= 0.6 is 0 Å². The quantitative estimate of drug-likeness (QED) is 0.564. The molecule has 0 radical (unpaired) electrons. The lowest BCUT2D eigenvalue weighted by molar-refractivity contribution is -0.121. The Bertz CT molecular complexity index is 470. The van der Waals surface area contributed by atoms with E-state index in [1.807, 2.05) is 39.1 Å². The van der Waals surface area contributed by atoms with Crippen LogP contribution in [0.25, 0.3) is 0 Å². The van der Waals surface area contributed by atoms with Crippen molar-refractivity contribution in [2.75, 3.05) is 20.1 Å². The lowest BCUT2D eigenvalue weighted by atomic mass is 9.99. The Morgan fingerprint density at radius 2 is 1.85 bits per heavy atom. The van der Waals surface area contributed by atoms with Crippen LogP contribution in [0.4, 0.5) is 0 Å². The minimum Gasteiger partial charge on any atom is -0.356 e. The zero-order valence-electron chi connectivity index (χ0n) is 12.6. The Balaban J connectivity index is 2.39. The lowest BCUT2D eigenvalue weighted by Gasteiger charge is -2.07. The molecule has 4 heteroatoms. The van der Waals surface area contributed by atoms with Gasteiger partial charge in [-0.2, -0.15) is 0 Å². The number of carbonyl (C=O) groups excluding carboxylic acids is 2. The van der Waals surface area contributed by atoms with Crippen molar-refractivity contribution in [3.63, 3.8) is 0 Å². The number of benzene rings is 1. The number of Topliss-reactive ketones (excluding diaryl/α,β-unsaturated/α-hetero) is 1. The Morgan fingerprint density at radius 1 is 1.10 bits per heavy atom. The van der Waals surface area contributed by atoms with Gasteiger partial charge in [0, 0.05) is 24.9 Å². The Hall–Kier alpha value is -1.68. The molecule has 0 heterocycles. The molecular weight excluding hydrogens is 252 g/mol. The zero-order valence-corrected chi connectivity index (χ0v) is 12.6. The molecule has 1 rings (SSSR count). The summed E-state index contributed by atoms with van der Waals surface area (Å²) in [7, 11) is 1.88. The maximum atomic E-state index is 12.1. The van der Waals surface area contributed by atoms with E-state index >= 15 is 0 Å². The molecule has 0 spiro atoms. The van der Waals surface area contributed by atoms with Crippen LogP contribution in [0.5, 0.6) is 0 Å². The number of hydrogen-bond donors (Lipinski definition) is 2. The number of rotatable bonds is 8. The average molecular weight is 276 g/mol. The minimum atomic E-state index is -0.0558. The SMILES string of the molecule is CNCCCNC(=O)CCC(=O)c1cc(C)ccc1C. The van der Waals surface area contributed by atoms with Gasteiger partial charge in [-0.1, -0.05) is 17.7 Å². The van der Waals surface area contributed by atoms with Crippen molar-refractivity contribution in [1.29, 1.82) is 0 Å². The summed E-state index contributed by atoms with van der Waals surface area (Å²) < 4.78 is 0. The second kappa shape index (κ2) is 8.48. The third-order valence-electron chi connectivity index (χ3n) is 3.20. The van der Waals surface area contributed by atoms with Crippen LogP contribution in [0.15, 0.2) is 18.2 Å². The van der Waals surface area contributed by atoms with E-state index in [1.165, 1.54) is 0 Å². The number of nitrogens with one attached hydrogen (secondary N) is 2. The van der Waals surface area contributed by atoms with Gasteiger partial charge in [-0.15, -0.1) is 0 Å². The van der Waals surface area contributed by atoms with Crippen molar-refractivity contribution in [3.05, 3.63) is 34.9 Å². The van der Waals surface area contributed by atoms with Crippen LogP contribution < -0.4 is 10.6 Å². The van der Waals surface area contributed by atoms with Gasteiger partial charge in [0.05, 0.1) is 0 Å². The molecule has 0 aliphatic carbocycles. The molecule has 110 valence electrons. The molecule has 0 unspecified atom stereocenters. The summed E-state index contributed by atoms with van der Waals surface area (Å²) in [5.41, 5.74) is 2.76. The van der Waals surface area contributed by atoms with E-state index in [2.05, 4.69) is 10.6 Å². The number of amides is 1. The van der Waals surface area contributed by atoms with Gasteiger partial charge in [0.1, 0.15) is 0 Å². The maximum Gasteiger partial charge on any atom is 0.220 e. The molecule has 0 bridgehead atoms. The molecule has 20 heavy (non-hydrogen) atoms. The molecule has 1 amide bonds. The summed E-state index contributed by atoms with van der Waals surface area (Å²) in [4.78, 5) is 23.7. The number of ketones is 1. The first-order valence-corrected chi connectivity index (χ1v) is 7.06. The highest BCUT2D eigenvalue weighted by Crippen LogP contribution is 2.13. The van der Waals surface area contributed by atoms with Crippen LogP contribution in [-0.2, 0) is 4.79 Å². The van der Waals surface area contributed by atoms with Crippen molar-refractivity contribution in [2.24, 2.45) is 0 Å². The topological polar surface area (TPSA) is 58.2 Å². The predicted octanol–water partition coefficient (Wildman–Crippen LogP) is 1.99. The highest BCUT2D eigenvalue weighted by molar-refractivity contribution is 5.99. The van der Waals surface area contributed by atoms with Crippen LogP contribution in [0, 0.1) is 13.8 Å². The van der Waals surface area contributed by atoms with E-state index in [9.17, 15) is 9.59 Å². The summed E-state index contributed by atoms with van der Waals surface area (Å²) in [5, 5.41) is 5.84. The standard InChI is InChI=1S/C16H24N2O2/c1-12-5-6-13(2)14(11-12)15(19)7-8-16(20)18-10-4-9-17-3/h5-6,11,17H,4,7-10H2,1-3H3,(H,18,20). The van der Waals surface area contributed by atoms with Crippen molar-refractivity contribution in [2.45, 2.75) is 33.1 Å². The van der Waals surface area contributed by atoms with E-state index in [4.69, 9.17) is 0 Å². The molecule has 2 N–H and O–H groups in total. The van der Waals surface area contributed by atoms with E-state index in [0.29, 0.717) is 6.54 Å². The van der Waals surface area contributed by atoms with Crippen LogP contribution in [-0.4, -0.2) is 31.8 Å². The first kappa shape index (κ1) is 16.4. The van der Waals surface area contributed by atoms with Gasteiger partial charge in [-0.25, -0.2) is 0 Å². The van der Waals surface area contributed by atoms with E-state index in [0.717, 1.165) is 29.7 Å². The molecule has 1 aromatic rings. The Kier molecular flexibility index (Phi) is 6.94. The van der Waals surface area contributed by atoms with Crippen molar-refractivity contribution >= 4 is 11.7 Å². The summed E-state index contributed by atoms with van der Waals surface area (Å²) in [5.74, 6) is -0.0173. The summed E-state index contributed by atoms with van der Waals surface area (Å²) >= 11 is 0. The molecule has 0 atom stereocenters. The minimum absolute atomic E-state index is 0.0385. The lowest BCUT2D eigenvalue weighted by Crippen LogP contribution is -2.26. The predicted molar refractivity (Wildman–Crippen MR) is 81.0 cm³/mol. The van der Waals surface area contributed by atoms with E-state index < -0.39 is 0 Å². The number of carbonyl (C=O) groups is 2. The Labute approximate surface area is 121 Å². The first-order chi connectivity index (χ1) is 9.54. The molecule has 0 aromatic heterocycles. The van der Waals surface area contributed by atoms with Crippen LogP contribution in [0.1, 0.15) is 40.7 Å². The van der Waals surface area contributed by atoms with Gasteiger partial charge in [-0.05, 0) is 45.5 Å². The third-order valence-corrected chi connectivity index (χ3v) is 3.20. The molecule has 4 nitrogen and oxygen atoms in total. The maximum absolute atomic E-state index is 12.1. The van der Waals surface area contributed by atoms with Crippen molar-refractivity contribution in [1.82, 2.24) is 10.6 Å². The van der Waals surface area contributed by atoms with Gasteiger partial charge in [0.25, 0.3) is 0 Å². The van der Waals surface area contributed by atoms with Gasteiger partial charge < -0.3 is 10.6 Å². The fraction of sp³-hybridized carbons (Fsp3) is 0.500. The van der Waals surface area contributed by atoms with Gasteiger partial charge in [0.2, 0.25) is 5.91 Å². The van der Waals surface area contributed by atoms with Gasteiger partial charge in [0.15, 0.2) is 5.78 Å². The van der Waals surface area contributed by atoms with E-state index in [-0.39, 0.29) is 24.5 Å². The fourth-order valence-electron chi connectivity index (χ4n) is 1.98. The largest absolute Gasteiger partial charge is 0.356 e. The first-order valence-electron chi connectivity index (χ1n) is 7.06. The third kappa shape index (κ3) is 5.53. The molecule has 0 saturated heterocycles. The second-order valence-corrected chi connectivity index (χ2v) is 5.05. The highest BCUT2D eigenvalue weighted by atomic mass is 16.2. The normalized spacial score (nSPS) is 10.3. The van der Waals surface area contributed by atoms with Gasteiger partial charge >= 0.3 is 0 Å². The smallest absolute Gasteiger partial charge is 0.220 e. The van der Waals surface area contributed by atoms with Gasteiger partial charge in [-0.3, -0.25) is 9.59 Å². The van der Waals surface area contributed by atoms with Crippen LogP contribution in [0.2, 0.25) is 0 Å². The molecule has 0 aliphatic rings. The number of hydrogen-bond acceptors (Lipinski definition) is 3. The van der Waals surface area contributed by atoms with Crippen molar-refractivity contribution < 1.29 is 9.59 Å². The van der Waals surface area contributed by atoms with Crippen LogP contribution in [0.3, 0.4) is 0 Å². The molecule has 0 fully saturated rings. The summed E-state index contributed by atoms with van der Waals surface area (Å²) in [6, 6.07) is 5.82. The monoisotopic (exact) mass is 276 g/mol.